The predicted molar refractivity (Wildman–Crippen MR) is 63.9 cm³/mol. The number of nitrogens with two attached hydrogens (primary N) is 1. The van der Waals surface area contributed by atoms with Gasteiger partial charge in [0.2, 0.25) is 0 Å². The average molecular weight is 226 g/mol. The van der Waals surface area contributed by atoms with E-state index in [4.69, 9.17) is 5.73 Å². The summed E-state index contributed by atoms with van der Waals surface area (Å²) in [6.45, 7) is 2.05. The van der Waals surface area contributed by atoms with Crippen LogP contribution in [0.4, 0.5) is 10.2 Å². The molecule has 0 aliphatic heterocycles. The first-order valence-electron chi connectivity index (χ1n) is 5.25. The number of hydrogen-bond acceptors (Lipinski definition) is 4. The van der Waals surface area contributed by atoms with Crippen LogP contribution in [0.5, 0.6) is 0 Å². The fraction of sp³-hybridized carbons (Fsp3) is 0.545. The van der Waals surface area contributed by atoms with Crippen molar-refractivity contribution in [1.29, 1.82) is 0 Å². The number of pyridine rings is 1. The minimum atomic E-state index is -0.342. The Morgan fingerprint density at radius 2 is 2.00 bits per heavy atom. The van der Waals surface area contributed by atoms with Gasteiger partial charge >= 0.3 is 0 Å². The zero-order chi connectivity index (χ0) is 12.1. The van der Waals surface area contributed by atoms with Gasteiger partial charge in [0, 0.05) is 32.2 Å². The van der Waals surface area contributed by atoms with Gasteiger partial charge in [0.1, 0.15) is 11.6 Å². The van der Waals surface area contributed by atoms with E-state index in [0.29, 0.717) is 6.54 Å². The van der Waals surface area contributed by atoms with Gasteiger partial charge in [-0.1, -0.05) is 0 Å². The van der Waals surface area contributed by atoms with Gasteiger partial charge in [0.15, 0.2) is 0 Å². The molecule has 0 radical (unpaired) electrons. The zero-order valence-corrected chi connectivity index (χ0v) is 10.1. The van der Waals surface area contributed by atoms with Crippen LogP contribution >= 0.6 is 0 Å². The molecule has 0 bridgehead atoms. The topological polar surface area (TPSA) is 45.4 Å². The van der Waals surface area contributed by atoms with Crippen LogP contribution in [0.1, 0.15) is 5.56 Å². The number of aromatic nitrogens is 1. The Morgan fingerprint density at radius 1 is 1.31 bits per heavy atom. The van der Waals surface area contributed by atoms with E-state index >= 15 is 0 Å². The molecule has 0 aliphatic carbocycles. The van der Waals surface area contributed by atoms with E-state index in [0.717, 1.165) is 24.5 Å². The lowest BCUT2D eigenvalue weighted by Gasteiger charge is -2.22. The maximum atomic E-state index is 13.0. The van der Waals surface area contributed by atoms with Gasteiger partial charge in [-0.25, -0.2) is 9.37 Å². The fourth-order valence-corrected chi connectivity index (χ4v) is 1.42. The Hall–Kier alpha value is -1.20. The standard InChI is InChI=1S/C11H19FN4/c1-15(2)4-5-16(3)11-9(7-13)6-10(12)8-14-11/h6,8H,4-5,7,13H2,1-3H3. The third-order valence-corrected chi connectivity index (χ3v) is 2.37. The van der Waals surface area contributed by atoms with Crippen molar-refractivity contribution in [3.05, 3.63) is 23.6 Å². The quantitative estimate of drug-likeness (QED) is 0.802. The minimum absolute atomic E-state index is 0.298. The molecule has 0 saturated carbocycles. The third kappa shape index (κ3) is 3.43. The van der Waals surface area contributed by atoms with Crippen LogP contribution in [0.15, 0.2) is 12.3 Å². The molecule has 16 heavy (non-hydrogen) atoms. The fourth-order valence-electron chi connectivity index (χ4n) is 1.42. The Bertz CT molecular complexity index is 341. The monoisotopic (exact) mass is 226 g/mol. The first-order chi connectivity index (χ1) is 7.54. The van der Waals surface area contributed by atoms with Crippen molar-refractivity contribution in [2.75, 3.05) is 39.1 Å². The molecule has 0 aliphatic rings. The largest absolute Gasteiger partial charge is 0.358 e. The molecule has 0 unspecified atom stereocenters. The number of rotatable bonds is 5. The summed E-state index contributed by atoms with van der Waals surface area (Å²) in [4.78, 5) is 8.15. The van der Waals surface area contributed by atoms with Crippen molar-refractivity contribution in [2.24, 2.45) is 5.73 Å². The van der Waals surface area contributed by atoms with E-state index in [2.05, 4.69) is 9.88 Å². The zero-order valence-electron chi connectivity index (χ0n) is 10.1. The normalized spacial score (nSPS) is 10.9. The lowest BCUT2D eigenvalue weighted by Crippen LogP contribution is -2.30. The van der Waals surface area contributed by atoms with Crippen molar-refractivity contribution in [1.82, 2.24) is 9.88 Å². The summed E-state index contributed by atoms with van der Waals surface area (Å²) in [6, 6.07) is 1.44. The van der Waals surface area contributed by atoms with Crippen molar-refractivity contribution in [2.45, 2.75) is 6.54 Å². The van der Waals surface area contributed by atoms with E-state index in [1.54, 1.807) is 0 Å². The van der Waals surface area contributed by atoms with E-state index in [9.17, 15) is 4.39 Å². The highest BCUT2D eigenvalue weighted by molar-refractivity contribution is 5.46. The van der Waals surface area contributed by atoms with Crippen LogP contribution < -0.4 is 10.6 Å². The van der Waals surface area contributed by atoms with Crippen LogP contribution in [0.2, 0.25) is 0 Å². The van der Waals surface area contributed by atoms with Crippen molar-refractivity contribution in [3.8, 4) is 0 Å². The molecule has 0 aromatic carbocycles. The van der Waals surface area contributed by atoms with Gasteiger partial charge in [0.05, 0.1) is 6.20 Å². The van der Waals surface area contributed by atoms with E-state index < -0.39 is 0 Å². The number of hydrogen-bond donors (Lipinski definition) is 1. The first kappa shape index (κ1) is 12.9. The molecule has 1 rings (SSSR count). The number of likely N-dealkylation sites (N-methyl/N-ethyl adjacent to an activating group) is 2. The second kappa shape index (κ2) is 5.77. The molecule has 0 fully saturated rings. The molecular formula is C11H19FN4. The molecule has 4 nitrogen and oxygen atoms in total. The summed E-state index contributed by atoms with van der Waals surface area (Å²) in [6.07, 6.45) is 1.22. The SMILES string of the molecule is CN(C)CCN(C)c1ncc(F)cc1CN. The first-order valence-corrected chi connectivity index (χ1v) is 5.25. The molecule has 90 valence electrons. The highest BCUT2D eigenvalue weighted by atomic mass is 19.1. The van der Waals surface area contributed by atoms with Gasteiger partial charge in [0.25, 0.3) is 0 Å². The molecule has 1 aromatic heterocycles. The summed E-state index contributed by atoms with van der Waals surface area (Å²) < 4.78 is 13.0. The number of halogens is 1. The molecule has 0 spiro atoms. The molecule has 5 heteroatoms. The molecule has 1 heterocycles. The summed E-state index contributed by atoms with van der Waals surface area (Å²) in [5.74, 6) is 0.413. The Labute approximate surface area is 95.9 Å². The van der Waals surface area contributed by atoms with Gasteiger partial charge < -0.3 is 15.5 Å². The van der Waals surface area contributed by atoms with E-state index in [-0.39, 0.29) is 5.82 Å². The van der Waals surface area contributed by atoms with Crippen molar-refractivity contribution in [3.63, 3.8) is 0 Å². The molecule has 0 saturated heterocycles. The number of anilines is 1. The Kier molecular flexibility index (Phi) is 4.64. The lowest BCUT2D eigenvalue weighted by molar-refractivity contribution is 0.416. The lowest BCUT2D eigenvalue weighted by atomic mass is 10.2. The van der Waals surface area contributed by atoms with Crippen LogP contribution in [0, 0.1) is 5.82 Å². The van der Waals surface area contributed by atoms with E-state index in [1.165, 1.54) is 12.3 Å². The van der Waals surface area contributed by atoms with Crippen molar-refractivity contribution < 1.29 is 4.39 Å². The molecular weight excluding hydrogens is 207 g/mol. The highest BCUT2D eigenvalue weighted by Crippen LogP contribution is 2.16. The molecule has 0 atom stereocenters. The minimum Gasteiger partial charge on any atom is -0.358 e. The van der Waals surface area contributed by atoms with E-state index in [1.807, 2.05) is 26.0 Å². The molecule has 2 N–H and O–H groups in total. The Balaban J connectivity index is 2.77. The smallest absolute Gasteiger partial charge is 0.141 e. The summed E-state index contributed by atoms with van der Waals surface area (Å²) in [5, 5.41) is 0. The second-order valence-electron chi connectivity index (χ2n) is 4.07. The molecule has 1 aromatic rings. The second-order valence-corrected chi connectivity index (χ2v) is 4.07. The van der Waals surface area contributed by atoms with Crippen LogP contribution in [-0.2, 0) is 6.54 Å². The van der Waals surface area contributed by atoms with Crippen molar-refractivity contribution >= 4 is 5.82 Å². The maximum Gasteiger partial charge on any atom is 0.141 e. The van der Waals surface area contributed by atoms with Gasteiger partial charge in [-0.2, -0.15) is 0 Å². The highest BCUT2D eigenvalue weighted by Gasteiger charge is 2.09. The average Bonchev–Trinajstić information content (AvgIpc) is 2.25. The van der Waals surface area contributed by atoms with Gasteiger partial charge in [-0.3, -0.25) is 0 Å². The van der Waals surface area contributed by atoms with Crippen LogP contribution in [0.25, 0.3) is 0 Å². The predicted octanol–water partition coefficient (Wildman–Crippen LogP) is 0.677. The summed E-state index contributed by atoms with van der Waals surface area (Å²) >= 11 is 0. The maximum absolute atomic E-state index is 13.0. The Morgan fingerprint density at radius 3 is 2.56 bits per heavy atom. The van der Waals surface area contributed by atoms with Crippen LogP contribution in [0.3, 0.4) is 0 Å². The van der Waals surface area contributed by atoms with Crippen LogP contribution in [-0.4, -0.2) is 44.1 Å². The molecule has 0 amide bonds. The van der Waals surface area contributed by atoms with Gasteiger partial charge in [-0.15, -0.1) is 0 Å². The third-order valence-electron chi connectivity index (χ3n) is 2.37. The summed E-state index contributed by atoms with van der Waals surface area (Å²) in [7, 11) is 5.95. The number of nitrogens with zero attached hydrogens (tertiary/aromatic N) is 3. The summed E-state index contributed by atoms with van der Waals surface area (Å²) in [5.41, 5.74) is 6.31. The van der Waals surface area contributed by atoms with Gasteiger partial charge in [-0.05, 0) is 20.2 Å².